The number of fused-ring (bicyclic) bond motifs is 1. The van der Waals surface area contributed by atoms with Gasteiger partial charge < -0.3 is 5.73 Å². The molecule has 0 radical (unpaired) electrons. The highest BCUT2D eigenvalue weighted by Gasteiger charge is 2.18. The van der Waals surface area contributed by atoms with Crippen molar-refractivity contribution in [3.05, 3.63) is 72.4 Å². The third kappa shape index (κ3) is 2.89. The van der Waals surface area contributed by atoms with Gasteiger partial charge in [0.2, 0.25) is 5.91 Å². The van der Waals surface area contributed by atoms with Crippen molar-refractivity contribution >= 4 is 32.9 Å². The van der Waals surface area contributed by atoms with Crippen LogP contribution in [0, 0.1) is 0 Å². The van der Waals surface area contributed by atoms with Gasteiger partial charge in [0.25, 0.3) is 10.0 Å². The average Bonchev–Trinajstić information content (AvgIpc) is 2.97. The van der Waals surface area contributed by atoms with E-state index >= 15 is 0 Å². The molecule has 0 atom stereocenters. The van der Waals surface area contributed by atoms with Crippen molar-refractivity contribution in [1.82, 2.24) is 3.97 Å². The van der Waals surface area contributed by atoms with Crippen LogP contribution in [-0.4, -0.2) is 18.3 Å². The van der Waals surface area contributed by atoms with E-state index < -0.39 is 15.9 Å². The number of hydrogen-bond acceptors (Lipinski definition) is 3. The predicted octanol–water partition coefficient (Wildman–Crippen LogP) is 2.38. The van der Waals surface area contributed by atoms with Crippen molar-refractivity contribution in [2.45, 2.75) is 4.90 Å². The molecule has 1 amide bonds. The molecule has 1 aromatic heterocycles. The van der Waals surface area contributed by atoms with Crippen LogP contribution in [0.2, 0.25) is 0 Å². The molecular weight excluding hydrogens is 312 g/mol. The number of primary amides is 1. The van der Waals surface area contributed by atoms with Crippen molar-refractivity contribution in [3.8, 4) is 0 Å². The molecule has 3 aromatic rings. The van der Waals surface area contributed by atoms with E-state index in [2.05, 4.69) is 0 Å². The van der Waals surface area contributed by atoms with E-state index in [9.17, 15) is 13.2 Å². The maximum atomic E-state index is 12.7. The van der Waals surface area contributed by atoms with E-state index in [0.717, 1.165) is 10.9 Å². The molecule has 1 heterocycles. The molecule has 23 heavy (non-hydrogen) atoms. The van der Waals surface area contributed by atoms with E-state index in [4.69, 9.17) is 5.73 Å². The summed E-state index contributed by atoms with van der Waals surface area (Å²) in [5.74, 6) is -0.533. The van der Waals surface area contributed by atoms with Gasteiger partial charge in [0, 0.05) is 17.7 Å². The van der Waals surface area contributed by atoms with Crippen LogP contribution in [-0.2, 0) is 14.8 Å². The number of nitrogens with zero attached hydrogens (tertiary/aromatic N) is 1. The molecule has 0 bridgehead atoms. The monoisotopic (exact) mass is 326 g/mol. The summed E-state index contributed by atoms with van der Waals surface area (Å²) in [6.07, 6.45) is 4.37. The van der Waals surface area contributed by atoms with Crippen LogP contribution in [0.1, 0.15) is 5.56 Å². The van der Waals surface area contributed by atoms with Crippen molar-refractivity contribution in [3.63, 3.8) is 0 Å². The fraction of sp³-hybridized carbons (Fsp3) is 0. The molecule has 0 saturated carbocycles. The second-order valence-corrected chi connectivity index (χ2v) is 6.80. The summed E-state index contributed by atoms with van der Waals surface area (Å²) < 4.78 is 26.6. The van der Waals surface area contributed by atoms with Gasteiger partial charge in [-0.05, 0) is 42.0 Å². The van der Waals surface area contributed by atoms with Crippen LogP contribution >= 0.6 is 0 Å². The molecule has 0 aliphatic rings. The minimum Gasteiger partial charge on any atom is -0.366 e. The largest absolute Gasteiger partial charge is 0.366 e. The summed E-state index contributed by atoms with van der Waals surface area (Å²) in [7, 11) is -3.64. The quantitative estimate of drug-likeness (QED) is 0.747. The lowest BCUT2D eigenvalue weighted by molar-refractivity contribution is -0.113. The Labute approximate surface area is 133 Å². The lowest BCUT2D eigenvalue weighted by atomic mass is 10.1. The zero-order valence-corrected chi connectivity index (χ0v) is 12.9. The van der Waals surface area contributed by atoms with Gasteiger partial charge in [0.15, 0.2) is 0 Å². The minimum atomic E-state index is -3.64. The van der Waals surface area contributed by atoms with Gasteiger partial charge in [-0.1, -0.05) is 24.3 Å². The number of rotatable bonds is 4. The highest BCUT2D eigenvalue weighted by molar-refractivity contribution is 7.90. The molecule has 2 aromatic carbocycles. The third-order valence-electron chi connectivity index (χ3n) is 3.42. The summed E-state index contributed by atoms with van der Waals surface area (Å²) in [5, 5.41) is 0.760. The number of amides is 1. The Bertz CT molecular complexity index is 1000. The number of benzene rings is 2. The first-order valence-corrected chi connectivity index (χ1v) is 8.32. The first-order chi connectivity index (χ1) is 11.0. The summed E-state index contributed by atoms with van der Waals surface area (Å²) in [5.41, 5.74) is 6.41. The van der Waals surface area contributed by atoms with Crippen LogP contribution in [0.15, 0.2) is 71.8 Å². The fourth-order valence-corrected chi connectivity index (χ4v) is 3.71. The molecule has 116 valence electrons. The van der Waals surface area contributed by atoms with Gasteiger partial charge in [-0.15, -0.1) is 0 Å². The highest BCUT2D eigenvalue weighted by atomic mass is 32.2. The summed E-state index contributed by atoms with van der Waals surface area (Å²) >= 11 is 0. The Kier molecular flexibility index (Phi) is 3.75. The Morgan fingerprint density at radius 2 is 1.78 bits per heavy atom. The van der Waals surface area contributed by atoms with Gasteiger partial charge in [-0.25, -0.2) is 12.4 Å². The van der Waals surface area contributed by atoms with E-state index in [1.54, 1.807) is 60.7 Å². The predicted molar refractivity (Wildman–Crippen MR) is 89.2 cm³/mol. The molecular formula is C17H14N2O3S. The molecule has 5 nitrogen and oxygen atoms in total. The topological polar surface area (TPSA) is 82.2 Å². The summed E-state index contributed by atoms with van der Waals surface area (Å²) in [6.45, 7) is 0. The van der Waals surface area contributed by atoms with Crippen molar-refractivity contribution < 1.29 is 13.2 Å². The van der Waals surface area contributed by atoms with Crippen molar-refractivity contribution in [2.75, 3.05) is 0 Å². The van der Waals surface area contributed by atoms with E-state index in [-0.39, 0.29) is 4.90 Å². The molecule has 0 unspecified atom stereocenters. The lowest BCUT2D eigenvalue weighted by Gasteiger charge is -2.07. The first kappa shape index (κ1) is 15.1. The first-order valence-electron chi connectivity index (χ1n) is 6.88. The smallest absolute Gasteiger partial charge is 0.268 e. The molecule has 0 fully saturated rings. The molecule has 0 saturated heterocycles. The number of carbonyl (C=O) groups excluding carboxylic acids is 1. The van der Waals surface area contributed by atoms with Crippen LogP contribution < -0.4 is 5.73 Å². The zero-order chi connectivity index (χ0) is 16.4. The summed E-state index contributed by atoms with van der Waals surface area (Å²) in [6, 6.07) is 15.2. The second kappa shape index (κ2) is 5.73. The van der Waals surface area contributed by atoms with E-state index in [1.165, 1.54) is 16.2 Å². The second-order valence-electron chi connectivity index (χ2n) is 4.98. The third-order valence-corrected chi connectivity index (χ3v) is 5.12. The Hall–Kier alpha value is -2.86. The van der Waals surface area contributed by atoms with Crippen LogP contribution in [0.25, 0.3) is 17.0 Å². The minimum absolute atomic E-state index is 0.232. The molecule has 2 N–H and O–H groups in total. The highest BCUT2D eigenvalue weighted by Crippen LogP contribution is 2.23. The number of nitrogens with two attached hydrogens (primary N) is 1. The SMILES string of the molecule is NC(=O)/C=C/c1ccc2c(ccn2S(=O)(=O)c2ccccc2)c1. The van der Waals surface area contributed by atoms with E-state index in [0.29, 0.717) is 5.52 Å². The van der Waals surface area contributed by atoms with Crippen molar-refractivity contribution in [1.29, 1.82) is 0 Å². The Balaban J connectivity index is 2.09. The zero-order valence-electron chi connectivity index (χ0n) is 12.1. The maximum absolute atomic E-state index is 12.7. The van der Waals surface area contributed by atoms with Crippen molar-refractivity contribution in [2.24, 2.45) is 5.73 Å². The van der Waals surface area contributed by atoms with Crippen LogP contribution in [0.5, 0.6) is 0 Å². The standard InChI is InChI=1S/C17H14N2O3S/c18-17(20)9-7-13-6-8-16-14(12-13)10-11-19(16)23(21,22)15-4-2-1-3-5-15/h1-12H,(H2,18,20)/b9-7+. The molecule has 6 heteroatoms. The van der Waals surface area contributed by atoms with Gasteiger partial charge in [0.05, 0.1) is 10.4 Å². The average molecular weight is 326 g/mol. The number of carbonyl (C=O) groups is 1. The Morgan fingerprint density at radius 1 is 1.04 bits per heavy atom. The maximum Gasteiger partial charge on any atom is 0.268 e. The van der Waals surface area contributed by atoms with Gasteiger partial charge in [-0.3, -0.25) is 4.79 Å². The van der Waals surface area contributed by atoms with Crippen LogP contribution in [0.3, 0.4) is 0 Å². The van der Waals surface area contributed by atoms with Gasteiger partial charge >= 0.3 is 0 Å². The number of hydrogen-bond donors (Lipinski definition) is 1. The normalized spacial score (nSPS) is 12.0. The molecule has 0 aliphatic heterocycles. The molecule has 0 aliphatic carbocycles. The van der Waals surface area contributed by atoms with Crippen LogP contribution in [0.4, 0.5) is 0 Å². The van der Waals surface area contributed by atoms with E-state index in [1.807, 2.05) is 0 Å². The fourth-order valence-electron chi connectivity index (χ4n) is 2.33. The Morgan fingerprint density at radius 3 is 2.48 bits per heavy atom. The number of aromatic nitrogens is 1. The molecule has 3 rings (SSSR count). The lowest BCUT2D eigenvalue weighted by Crippen LogP contribution is -2.11. The summed E-state index contributed by atoms with van der Waals surface area (Å²) in [4.78, 5) is 11.0. The molecule has 0 spiro atoms. The van der Waals surface area contributed by atoms with Gasteiger partial charge in [0.1, 0.15) is 0 Å². The van der Waals surface area contributed by atoms with Gasteiger partial charge in [-0.2, -0.15) is 0 Å².